The number of carboxylic acids is 3. The number of carboxylic acid groups (broad SMARTS) is 3. The molecule has 0 aliphatic heterocycles. The third-order valence-electron chi connectivity index (χ3n) is 7.80. The molecule has 282 valence electrons. The Bertz CT molecular complexity index is 1940. The second kappa shape index (κ2) is 19.0. The number of carbonyl (C=O) groups excluding carboxylic acids is 4. The fraction of sp³-hybridized carbons (Fsp3) is 0.324. The van der Waals surface area contributed by atoms with E-state index in [0.29, 0.717) is 23.1 Å². The van der Waals surface area contributed by atoms with Crippen molar-refractivity contribution in [3.05, 3.63) is 76.2 Å². The number of benzene rings is 2. The number of primary amides is 1. The molecule has 19 heteroatoms. The molecule has 53 heavy (non-hydrogen) atoms. The molecule has 0 aliphatic carbocycles. The van der Waals surface area contributed by atoms with Crippen molar-refractivity contribution < 1.29 is 48.9 Å². The second-order valence-corrected chi connectivity index (χ2v) is 11.8. The Labute approximate surface area is 301 Å². The zero-order chi connectivity index (χ0) is 39.2. The van der Waals surface area contributed by atoms with Crippen LogP contribution in [0, 0.1) is 0 Å². The molecule has 0 bridgehead atoms. The largest absolute Gasteiger partial charge is 0.480 e. The number of fused-ring (bicyclic) bond motifs is 1. The summed E-state index contributed by atoms with van der Waals surface area (Å²) in [4.78, 5) is 104. The maximum absolute atomic E-state index is 13.0. The first-order chi connectivity index (χ1) is 25.1. The Hall–Kier alpha value is -6.79. The fourth-order valence-corrected chi connectivity index (χ4v) is 5.10. The lowest BCUT2D eigenvalue weighted by Gasteiger charge is -2.21. The summed E-state index contributed by atoms with van der Waals surface area (Å²) in [5, 5.41) is 35.5. The van der Waals surface area contributed by atoms with Gasteiger partial charge in [-0.25, -0.2) is 19.4 Å². The summed E-state index contributed by atoms with van der Waals surface area (Å²) in [6.07, 6.45) is 1.20. The maximum atomic E-state index is 13.0. The average molecular weight is 737 g/mol. The molecule has 19 nitrogen and oxygen atoms in total. The molecule has 11 N–H and O–H groups in total. The van der Waals surface area contributed by atoms with Crippen molar-refractivity contribution in [3.8, 4) is 0 Å². The summed E-state index contributed by atoms with van der Waals surface area (Å²) >= 11 is 0. The Morgan fingerprint density at radius 2 is 1.34 bits per heavy atom. The van der Waals surface area contributed by atoms with E-state index >= 15 is 0 Å². The van der Waals surface area contributed by atoms with Crippen LogP contribution in [0.4, 0.5) is 11.6 Å². The van der Waals surface area contributed by atoms with Crippen molar-refractivity contribution in [3.63, 3.8) is 0 Å². The van der Waals surface area contributed by atoms with Crippen LogP contribution in [-0.2, 0) is 35.3 Å². The highest BCUT2D eigenvalue weighted by Crippen LogP contribution is 2.21. The minimum atomic E-state index is -1.57. The van der Waals surface area contributed by atoms with Crippen molar-refractivity contribution in [2.75, 3.05) is 10.6 Å². The van der Waals surface area contributed by atoms with Crippen molar-refractivity contribution in [2.24, 2.45) is 5.73 Å². The van der Waals surface area contributed by atoms with Crippen LogP contribution in [-0.4, -0.2) is 84.9 Å². The number of aromatic amines is 1. The monoisotopic (exact) mass is 736 g/mol. The molecule has 0 saturated heterocycles. The number of H-pyrrole nitrogens is 1. The molecule has 3 aromatic rings. The highest BCUT2D eigenvalue weighted by Gasteiger charge is 2.26. The number of nitrogens with zero attached hydrogens (tertiary/aromatic N) is 2. The van der Waals surface area contributed by atoms with Crippen molar-refractivity contribution in [1.29, 1.82) is 0 Å². The number of nitrogens with two attached hydrogens (primary N) is 2. The van der Waals surface area contributed by atoms with Crippen LogP contribution >= 0.6 is 0 Å². The Kier molecular flexibility index (Phi) is 14.6. The summed E-state index contributed by atoms with van der Waals surface area (Å²) in [5.74, 6) is -7.58. The highest BCUT2D eigenvalue weighted by molar-refractivity contribution is 5.97. The SMILES string of the molecule is CC=CN(Cc1ccc2nc(N)[nH]c(=O)c2c1)c1ccc(C(=O)N[C@@H](CCC(=O)N[C@@H](CCC(=O)N[C@@H](CCC(N)=O)C(=O)O)C(=O)O)C(=O)O)cc1. The number of hydrogen-bond donors (Lipinski definition) is 9. The molecule has 0 fully saturated rings. The molecule has 0 spiro atoms. The van der Waals surface area contributed by atoms with E-state index in [-0.39, 0.29) is 29.9 Å². The lowest BCUT2D eigenvalue weighted by molar-refractivity contribution is -0.143. The summed E-state index contributed by atoms with van der Waals surface area (Å²) in [6.45, 7) is 2.16. The first-order valence-corrected chi connectivity index (χ1v) is 16.2. The standard InChI is InChI=1S/C34H40N8O11/c1-2-15-42(17-18-3-8-22-21(16-18)30(47)41-34(36)40-22)20-6-4-19(5-7-20)29(46)39-25(33(52)53)11-14-28(45)38-24(32(50)51)10-13-27(44)37-23(31(48)49)9-12-26(35)43/h2-8,15-16,23-25H,9-14,17H2,1H3,(H2,35,43)(H,37,44)(H,38,45)(H,39,46)(H,48,49)(H,50,51)(H,52,53)(H3,36,40,41,47)/t23-,24-,25-/m0/s1. The van der Waals surface area contributed by atoms with E-state index in [1.165, 1.54) is 12.1 Å². The van der Waals surface area contributed by atoms with E-state index < -0.39 is 85.3 Å². The van der Waals surface area contributed by atoms with Gasteiger partial charge < -0.3 is 47.6 Å². The molecule has 1 aromatic heterocycles. The summed E-state index contributed by atoms with van der Waals surface area (Å²) in [6, 6.07) is 6.91. The van der Waals surface area contributed by atoms with E-state index in [2.05, 4.69) is 25.9 Å². The first kappa shape index (κ1) is 40.6. The van der Waals surface area contributed by atoms with Crippen LogP contribution in [0.2, 0.25) is 0 Å². The number of nitrogen functional groups attached to an aromatic ring is 1. The van der Waals surface area contributed by atoms with Crippen LogP contribution in [0.25, 0.3) is 10.9 Å². The number of carbonyl (C=O) groups is 7. The lowest BCUT2D eigenvalue weighted by atomic mass is 10.1. The van der Waals surface area contributed by atoms with Gasteiger partial charge in [0.1, 0.15) is 18.1 Å². The summed E-state index contributed by atoms with van der Waals surface area (Å²) in [7, 11) is 0. The van der Waals surface area contributed by atoms with Gasteiger partial charge in [-0.1, -0.05) is 12.1 Å². The number of rotatable bonds is 20. The molecule has 0 radical (unpaired) electrons. The fourth-order valence-electron chi connectivity index (χ4n) is 5.10. The van der Waals surface area contributed by atoms with Gasteiger partial charge >= 0.3 is 17.9 Å². The van der Waals surface area contributed by atoms with Crippen LogP contribution in [0.15, 0.2) is 59.5 Å². The van der Waals surface area contributed by atoms with E-state index in [4.69, 9.17) is 11.5 Å². The molecule has 3 atom stereocenters. The predicted octanol–water partition coefficient (Wildman–Crippen LogP) is 0.193. The average Bonchev–Trinajstić information content (AvgIpc) is 3.09. The smallest absolute Gasteiger partial charge is 0.326 e. The molecular weight excluding hydrogens is 696 g/mol. The van der Waals surface area contributed by atoms with E-state index in [1.807, 2.05) is 11.8 Å². The number of anilines is 2. The van der Waals surface area contributed by atoms with Crippen LogP contribution in [0.1, 0.15) is 61.4 Å². The topological polar surface area (TPSA) is 317 Å². The summed E-state index contributed by atoms with van der Waals surface area (Å²) < 4.78 is 0. The van der Waals surface area contributed by atoms with Gasteiger partial charge in [0.25, 0.3) is 11.5 Å². The van der Waals surface area contributed by atoms with Gasteiger partial charge in [0.15, 0.2) is 0 Å². The number of aromatic nitrogens is 2. The minimum absolute atomic E-state index is 0.00687. The molecule has 4 amide bonds. The minimum Gasteiger partial charge on any atom is -0.480 e. The second-order valence-electron chi connectivity index (χ2n) is 11.8. The summed E-state index contributed by atoms with van der Waals surface area (Å²) in [5.41, 5.74) is 12.3. The number of nitrogens with one attached hydrogen (secondary N) is 4. The number of aliphatic carboxylic acids is 3. The maximum Gasteiger partial charge on any atom is 0.326 e. The zero-order valence-corrected chi connectivity index (χ0v) is 28.5. The van der Waals surface area contributed by atoms with Gasteiger partial charge in [0.05, 0.1) is 10.9 Å². The predicted molar refractivity (Wildman–Crippen MR) is 189 cm³/mol. The van der Waals surface area contributed by atoms with Crippen molar-refractivity contribution in [1.82, 2.24) is 25.9 Å². The van der Waals surface area contributed by atoms with Gasteiger partial charge in [-0.05, 0) is 68.1 Å². The van der Waals surface area contributed by atoms with Gasteiger partial charge in [0.2, 0.25) is 23.7 Å². The number of amides is 4. The van der Waals surface area contributed by atoms with E-state index in [1.54, 1.807) is 42.6 Å². The van der Waals surface area contributed by atoms with Crippen LogP contribution in [0.5, 0.6) is 0 Å². The first-order valence-electron chi connectivity index (χ1n) is 16.2. The molecule has 0 saturated carbocycles. The third kappa shape index (κ3) is 12.5. The van der Waals surface area contributed by atoms with Gasteiger partial charge in [-0.2, -0.15) is 0 Å². The Morgan fingerprint density at radius 1 is 0.811 bits per heavy atom. The van der Waals surface area contributed by atoms with Gasteiger partial charge in [-0.3, -0.25) is 29.0 Å². The van der Waals surface area contributed by atoms with Crippen LogP contribution in [0.3, 0.4) is 0 Å². The molecule has 3 rings (SSSR count). The zero-order valence-electron chi connectivity index (χ0n) is 28.5. The molecular formula is C34H40N8O11. The lowest BCUT2D eigenvalue weighted by Crippen LogP contribution is -2.45. The van der Waals surface area contributed by atoms with E-state index in [9.17, 15) is 53.7 Å². The third-order valence-corrected chi connectivity index (χ3v) is 7.80. The normalized spacial score (nSPS) is 12.7. The molecule has 0 aliphatic rings. The van der Waals surface area contributed by atoms with Crippen molar-refractivity contribution >= 4 is 64.1 Å². The highest BCUT2D eigenvalue weighted by atomic mass is 16.4. The number of allylic oxidation sites excluding steroid dienone is 1. The quantitative estimate of drug-likeness (QED) is 0.0748. The molecule has 0 unspecified atom stereocenters. The van der Waals surface area contributed by atoms with Gasteiger partial charge in [0, 0.05) is 43.3 Å². The number of hydrogen-bond acceptors (Lipinski definition) is 11. The molecule has 1 heterocycles. The van der Waals surface area contributed by atoms with Crippen LogP contribution < -0.4 is 37.9 Å². The van der Waals surface area contributed by atoms with Crippen molar-refractivity contribution in [2.45, 2.75) is 70.1 Å². The van der Waals surface area contributed by atoms with E-state index in [0.717, 1.165) is 5.56 Å². The van der Waals surface area contributed by atoms with Gasteiger partial charge in [-0.15, -0.1) is 0 Å². The Balaban J connectivity index is 1.57. The Morgan fingerprint density at radius 3 is 1.85 bits per heavy atom. The molecule has 2 aromatic carbocycles.